The summed E-state index contributed by atoms with van der Waals surface area (Å²) in [6.45, 7) is 4.61. The number of aromatic hydroxyl groups is 1. The van der Waals surface area contributed by atoms with Gasteiger partial charge in [-0.1, -0.05) is 89.0 Å². The van der Waals surface area contributed by atoms with Crippen molar-refractivity contribution in [2.75, 3.05) is 17.2 Å². The minimum Gasteiger partial charge on any atom is -0.506 e. The van der Waals surface area contributed by atoms with Gasteiger partial charge in [0.25, 0.3) is 5.91 Å². The molecule has 0 aliphatic carbocycles. The van der Waals surface area contributed by atoms with Gasteiger partial charge in [0.2, 0.25) is 0 Å². The molecule has 6 nitrogen and oxygen atoms in total. The zero-order valence-electron chi connectivity index (χ0n) is 23.7. The molecule has 3 rings (SSSR count). The number of alkyl halides is 3. The first-order valence-electron chi connectivity index (χ1n) is 14.3. The number of carbonyl (C=O) groups excluding carboxylic acids is 2. The summed E-state index contributed by atoms with van der Waals surface area (Å²) in [6.07, 6.45) is 7.08. The van der Waals surface area contributed by atoms with Crippen LogP contribution in [-0.2, 0) is 4.79 Å². The minimum absolute atomic E-state index is 0.0704. The molecule has 0 spiro atoms. The number of phenols is 1. The van der Waals surface area contributed by atoms with E-state index in [1.54, 1.807) is 12.1 Å². The van der Waals surface area contributed by atoms with Crippen molar-refractivity contribution in [1.82, 2.24) is 0 Å². The maximum Gasteiger partial charge on any atom is 0.471 e. The Morgan fingerprint density at radius 3 is 2.12 bits per heavy atom. The Kier molecular flexibility index (Phi) is 11.9. The Balaban J connectivity index is 1.61. The van der Waals surface area contributed by atoms with Gasteiger partial charge in [-0.3, -0.25) is 9.59 Å². The summed E-state index contributed by atoms with van der Waals surface area (Å²) in [5.74, 6) is -2.64. The first-order chi connectivity index (χ1) is 19.6. The number of hydrogen-bond acceptors (Lipinski definition) is 4. The van der Waals surface area contributed by atoms with Crippen molar-refractivity contribution in [2.24, 2.45) is 0 Å². The van der Waals surface area contributed by atoms with Crippen LogP contribution in [0.2, 0.25) is 0 Å². The molecule has 3 aromatic carbocycles. The third-order valence-electron chi connectivity index (χ3n) is 6.92. The number of unbranched alkanes of at least 4 members (excludes halogenated alkanes) is 9. The Morgan fingerprint density at radius 2 is 1.46 bits per heavy atom. The Bertz CT molecular complexity index is 1320. The lowest BCUT2D eigenvalue weighted by Crippen LogP contribution is -2.29. The van der Waals surface area contributed by atoms with Gasteiger partial charge in [0.05, 0.1) is 17.9 Å². The molecule has 41 heavy (non-hydrogen) atoms. The lowest BCUT2D eigenvalue weighted by atomic mass is 10.0. The predicted octanol–water partition coefficient (Wildman–Crippen LogP) is 8.91. The van der Waals surface area contributed by atoms with Crippen molar-refractivity contribution in [3.8, 4) is 11.5 Å². The number of amides is 2. The van der Waals surface area contributed by atoms with Crippen LogP contribution in [0.15, 0.2) is 48.5 Å². The number of aryl methyl sites for hydroxylation is 1. The summed E-state index contributed by atoms with van der Waals surface area (Å²) in [7, 11) is 0. The van der Waals surface area contributed by atoms with E-state index in [0.29, 0.717) is 18.0 Å². The normalized spacial score (nSPS) is 11.4. The van der Waals surface area contributed by atoms with E-state index < -0.39 is 23.7 Å². The van der Waals surface area contributed by atoms with E-state index in [-0.39, 0.29) is 22.0 Å². The van der Waals surface area contributed by atoms with E-state index in [1.807, 2.05) is 18.3 Å². The van der Waals surface area contributed by atoms with Crippen molar-refractivity contribution >= 4 is 34.0 Å². The quantitative estimate of drug-likeness (QED) is 0.159. The van der Waals surface area contributed by atoms with Crippen molar-refractivity contribution in [3.05, 3.63) is 59.7 Å². The fraction of sp³-hybridized carbons (Fsp3) is 0.438. The van der Waals surface area contributed by atoms with Gasteiger partial charge in [0.1, 0.15) is 11.5 Å². The third-order valence-corrected chi connectivity index (χ3v) is 6.92. The molecule has 0 bridgehead atoms. The van der Waals surface area contributed by atoms with Crippen LogP contribution in [0, 0.1) is 6.92 Å². The van der Waals surface area contributed by atoms with Crippen molar-refractivity contribution in [2.45, 2.75) is 84.2 Å². The number of hydrogen-bond donors (Lipinski definition) is 3. The van der Waals surface area contributed by atoms with E-state index in [9.17, 15) is 27.9 Å². The van der Waals surface area contributed by atoms with Crippen LogP contribution in [0.4, 0.5) is 24.5 Å². The monoisotopic (exact) mass is 572 g/mol. The lowest BCUT2D eigenvalue weighted by molar-refractivity contribution is -0.167. The topological polar surface area (TPSA) is 87.7 Å². The van der Waals surface area contributed by atoms with Gasteiger partial charge in [0.15, 0.2) is 0 Å². The van der Waals surface area contributed by atoms with Crippen LogP contribution in [0.5, 0.6) is 11.5 Å². The molecule has 0 radical (unpaired) electrons. The van der Waals surface area contributed by atoms with Crippen molar-refractivity contribution in [3.63, 3.8) is 0 Å². The highest BCUT2D eigenvalue weighted by Crippen LogP contribution is 2.35. The molecule has 2 amide bonds. The van der Waals surface area contributed by atoms with E-state index in [1.165, 1.54) is 75.3 Å². The van der Waals surface area contributed by atoms with Crippen LogP contribution in [0.3, 0.4) is 0 Å². The maximum atomic E-state index is 13.2. The maximum absolute atomic E-state index is 13.2. The van der Waals surface area contributed by atoms with E-state index >= 15 is 0 Å². The molecule has 0 aliphatic rings. The highest BCUT2D eigenvalue weighted by Gasteiger charge is 2.39. The summed E-state index contributed by atoms with van der Waals surface area (Å²) >= 11 is 0. The molecule has 0 fully saturated rings. The second kappa shape index (κ2) is 15.3. The first kappa shape index (κ1) is 31.8. The van der Waals surface area contributed by atoms with Crippen LogP contribution < -0.4 is 15.4 Å². The molecule has 0 atom stereocenters. The van der Waals surface area contributed by atoms with Crippen molar-refractivity contribution < 1.29 is 32.6 Å². The molecule has 9 heteroatoms. The molecular weight excluding hydrogens is 533 g/mol. The Hall–Kier alpha value is -3.75. The number of halogens is 3. The lowest BCUT2D eigenvalue weighted by Gasteiger charge is -2.15. The molecule has 0 aliphatic heterocycles. The smallest absolute Gasteiger partial charge is 0.471 e. The van der Waals surface area contributed by atoms with Gasteiger partial charge < -0.3 is 20.5 Å². The van der Waals surface area contributed by atoms with Gasteiger partial charge in [-0.2, -0.15) is 13.2 Å². The molecule has 222 valence electrons. The van der Waals surface area contributed by atoms with Crippen LogP contribution in [0.1, 0.15) is 87.1 Å². The second-order valence-corrected chi connectivity index (χ2v) is 10.3. The summed E-state index contributed by atoms with van der Waals surface area (Å²) in [5, 5.41) is 15.7. The standard InChI is InChI=1S/C32H39F3N2O4/c1-3-4-5-6-7-8-9-10-11-12-20-41-28-19-16-22(2)21-27(28)36-30(39)25-18-17-23-24(29(25)38)14-13-15-26(23)37-31(40)32(33,34)35/h13-19,21,38H,3-12,20H2,1-2H3,(H,36,39)(H,37,40). The number of fused-ring (bicyclic) bond motifs is 1. The van der Waals surface area contributed by atoms with Gasteiger partial charge in [-0.25, -0.2) is 0 Å². The third kappa shape index (κ3) is 9.40. The van der Waals surface area contributed by atoms with Crippen molar-refractivity contribution in [1.29, 1.82) is 0 Å². The zero-order valence-corrected chi connectivity index (χ0v) is 23.7. The molecule has 3 N–H and O–H groups in total. The average Bonchev–Trinajstić information content (AvgIpc) is 2.92. The van der Waals surface area contributed by atoms with Gasteiger partial charge in [0, 0.05) is 16.5 Å². The summed E-state index contributed by atoms with van der Waals surface area (Å²) in [6, 6.07) is 12.3. The first-order valence-corrected chi connectivity index (χ1v) is 14.3. The largest absolute Gasteiger partial charge is 0.506 e. The van der Waals surface area contributed by atoms with Gasteiger partial charge >= 0.3 is 12.1 Å². The Morgan fingerprint density at radius 1 is 0.805 bits per heavy atom. The minimum atomic E-state index is -5.06. The molecule has 3 aromatic rings. The SMILES string of the molecule is CCCCCCCCCCCCOc1ccc(C)cc1NC(=O)c1ccc2c(NC(=O)C(F)(F)F)cccc2c1O. The van der Waals surface area contributed by atoms with Crippen LogP contribution in [-0.4, -0.2) is 29.7 Å². The van der Waals surface area contributed by atoms with E-state index in [2.05, 4.69) is 12.2 Å². The molecule has 0 saturated carbocycles. The molecule has 0 saturated heterocycles. The van der Waals surface area contributed by atoms with E-state index in [4.69, 9.17) is 4.74 Å². The summed E-state index contributed by atoms with van der Waals surface area (Å²) in [5.41, 5.74) is 1.15. The Labute approximate surface area is 239 Å². The van der Waals surface area contributed by atoms with Crippen LogP contribution in [0.25, 0.3) is 10.8 Å². The zero-order chi connectivity index (χ0) is 29.8. The average molecular weight is 573 g/mol. The number of anilines is 2. The van der Waals surface area contributed by atoms with Gasteiger partial charge in [-0.15, -0.1) is 0 Å². The number of nitrogens with one attached hydrogen (secondary N) is 2. The molecule has 0 unspecified atom stereocenters. The summed E-state index contributed by atoms with van der Waals surface area (Å²) in [4.78, 5) is 24.6. The number of phenolic OH excluding ortho intramolecular Hbond substituents is 1. The number of rotatable bonds is 15. The van der Waals surface area contributed by atoms with Gasteiger partial charge in [-0.05, 0) is 43.2 Å². The number of carbonyl (C=O) groups is 2. The number of benzene rings is 3. The molecular formula is C32H39F3N2O4. The number of ether oxygens (including phenoxy) is 1. The highest BCUT2D eigenvalue weighted by molar-refractivity contribution is 6.13. The fourth-order valence-electron chi connectivity index (χ4n) is 4.66. The second-order valence-electron chi connectivity index (χ2n) is 10.3. The van der Waals surface area contributed by atoms with E-state index in [0.717, 1.165) is 24.8 Å². The molecule has 0 aromatic heterocycles. The fourth-order valence-corrected chi connectivity index (χ4v) is 4.66. The predicted molar refractivity (Wildman–Crippen MR) is 157 cm³/mol. The molecule has 0 heterocycles. The summed E-state index contributed by atoms with van der Waals surface area (Å²) < 4.78 is 44.2. The highest BCUT2D eigenvalue weighted by atomic mass is 19.4. The van der Waals surface area contributed by atoms with Crippen LogP contribution >= 0.6 is 0 Å².